The van der Waals surface area contributed by atoms with Gasteiger partial charge in [0.15, 0.2) is 0 Å². The summed E-state index contributed by atoms with van der Waals surface area (Å²) in [6.07, 6.45) is 2.20. The minimum atomic E-state index is 0.0290. The van der Waals surface area contributed by atoms with Crippen LogP contribution in [0.3, 0.4) is 0 Å². The van der Waals surface area contributed by atoms with E-state index in [1.807, 2.05) is 53.4 Å². The number of nitrogens with two attached hydrogens (primary N) is 1. The Hall–Kier alpha value is -2.04. The Morgan fingerprint density at radius 3 is 2.69 bits per heavy atom. The van der Waals surface area contributed by atoms with Crippen molar-refractivity contribution in [3.05, 3.63) is 64.7 Å². The van der Waals surface area contributed by atoms with Crippen LogP contribution in [0.4, 0.5) is 0 Å². The molecule has 3 unspecified atom stereocenters. The zero-order chi connectivity index (χ0) is 18.1. The number of hydrogen-bond acceptors (Lipinski definition) is 3. The lowest BCUT2D eigenvalue weighted by atomic mass is 9.98. The van der Waals surface area contributed by atoms with Crippen LogP contribution in [0.1, 0.15) is 28.8 Å². The van der Waals surface area contributed by atoms with Crippen molar-refractivity contribution in [2.75, 3.05) is 13.1 Å². The number of likely N-dealkylation sites (tertiary alicyclic amines) is 1. The zero-order valence-corrected chi connectivity index (χ0v) is 15.4. The smallest absolute Gasteiger partial charge is 0.257 e. The highest BCUT2D eigenvalue weighted by Crippen LogP contribution is 2.38. The molecular formula is C21H23ClN2O2. The SMILES string of the molecule is NC1CCC2CN(C(=O)c3ccccc3OCc3ccccc3Cl)CC12. The van der Waals surface area contributed by atoms with E-state index >= 15 is 0 Å². The van der Waals surface area contributed by atoms with Gasteiger partial charge in [0.1, 0.15) is 12.4 Å². The molecule has 1 heterocycles. The van der Waals surface area contributed by atoms with Crippen molar-refractivity contribution in [3.8, 4) is 5.75 Å². The van der Waals surface area contributed by atoms with Crippen LogP contribution in [0.5, 0.6) is 5.75 Å². The van der Waals surface area contributed by atoms with Gasteiger partial charge in [0.25, 0.3) is 5.91 Å². The summed E-state index contributed by atoms with van der Waals surface area (Å²) in [7, 11) is 0. The number of carbonyl (C=O) groups is 1. The lowest BCUT2D eigenvalue weighted by molar-refractivity contribution is 0.0774. The maximum Gasteiger partial charge on any atom is 0.257 e. The van der Waals surface area contributed by atoms with Gasteiger partial charge in [-0.2, -0.15) is 0 Å². The summed E-state index contributed by atoms with van der Waals surface area (Å²) in [5.74, 6) is 1.61. The third-order valence-electron chi connectivity index (χ3n) is 5.66. The molecule has 1 amide bonds. The molecule has 1 aliphatic carbocycles. The number of carbonyl (C=O) groups excluding carboxylic acids is 1. The molecule has 3 atom stereocenters. The van der Waals surface area contributed by atoms with Crippen LogP contribution >= 0.6 is 11.6 Å². The lowest BCUT2D eigenvalue weighted by Crippen LogP contribution is -2.33. The number of halogens is 1. The predicted molar refractivity (Wildman–Crippen MR) is 102 cm³/mol. The van der Waals surface area contributed by atoms with Crippen molar-refractivity contribution in [2.24, 2.45) is 17.6 Å². The van der Waals surface area contributed by atoms with Crippen LogP contribution in [0.15, 0.2) is 48.5 Å². The summed E-state index contributed by atoms with van der Waals surface area (Å²) in [4.78, 5) is 15.0. The summed E-state index contributed by atoms with van der Waals surface area (Å²) in [6.45, 7) is 1.89. The number of hydrogen-bond donors (Lipinski definition) is 1. The second-order valence-electron chi connectivity index (χ2n) is 7.25. The first kappa shape index (κ1) is 17.4. The maximum atomic E-state index is 13.1. The van der Waals surface area contributed by atoms with Gasteiger partial charge in [-0.15, -0.1) is 0 Å². The van der Waals surface area contributed by atoms with E-state index in [-0.39, 0.29) is 11.9 Å². The van der Waals surface area contributed by atoms with Gasteiger partial charge in [-0.1, -0.05) is 41.9 Å². The summed E-state index contributed by atoms with van der Waals surface area (Å²) in [5, 5.41) is 0.665. The third-order valence-corrected chi connectivity index (χ3v) is 6.03. The number of fused-ring (bicyclic) bond motifs is 1. The van der Waals surface area contributed by atoms with Crippen LogP contribution in [-0.2, 0) is 6.61 Å². The van der Waals surface area contributed by atoms with E-state index in [1.165, 1.54) is 0 Å². The Bertz CT molecular complexity index is 810. The molecule has 26 heavy (non-hydrogen) atoms. The van der Waals surface area contributed by atoms with Crippen LogP contribution in [0, 0.1) is 11.8 Å². The molecule has 4 rings (SSSR count). The van der Waals surface area contributed by atoms with Crippen molar-refractivity contribution >= 4 is 17.5 Å². The van der Waals surface area contributed by atoms with Gasteiger partial charge in [0, 0.05) is 29.7 Å². The average Bonchev–Trinajstić information content (AvgIpc) is 3.23. The molecule has 0 spiro atoms. The highest BCUT2D eigenvalue weighted by molar-refractivity contribution is 6.31. The van der Waals surface area contributed by atoms with E-state index in [0.717, 1.165) is 31.5 Å². The Kier molecular flexibility index (Phi) is 4.88. The summed E-state index contributed by atoms with van der Waals surface area (Å²) >= 11 is 6.20. The molecule has 1 aliphatic heterocycles. The molecule has 4 nitrogen and oxygen atoms in total. The van der Waals surface area contributed by atoms with Crippen LogP contribution in [0.2, 0.25) is 5.02 Å². The van der Waals surface area contributed by atoms with Gasteiger partial charge in [-0.3, -0.25) is 4.79 Å². The Labute approximate surface area is 158 Å². The minimum Gasteiger partial charge on any atom is -0.488 e. The fraction of sp³-hybridized carbons (Fsp3) is 0.381. The van der Waals surface area contributed by atoms with E-state index in [0.29, 0.717) is 34.8 Å². The van der Waals surface area contributed by atoms with Gasteiger partial charge in [0.2, 0.25) is 0 Å². The highest BCUT2D eigenvalue weighted by Gasteiger charge is 2.42. The Morgan fingerprint density at radius 2 is 1.88 bits per heavy atom. The normalized spacial score (nSPS) is 24.5. The standard InChI is InChI=1S/C21H23ClN2O2/c22-18-7-3-1-5-15(18)13-26-20-8-4-2-6-16(20)21(25)24-11-14-9-10-19(23)17(14)12-24/h1-8,14,17,19H,9-13,23H2. The number of rotatable bonds is 4. The van der Waals surface area contributed by atoms with E-state index in [9.17, 15) is 4.79 Å². The highest BCUT2D eigenvalue weighted by atomic mass is 35.5. The average molecular weight is 371 g/mol. The molecular weight excluding hydrogens is 348 g/mol. The summed E-state index contributed by atoms with van der Waals surface area (Å²) in [6, 6.07) is 15.2. The molecule has 2 fully saturated rings. The van der Waals surface area contributed by atoms with Crippen LogP contribution in [0.25, 0.3) is 0 Å². The van der Waals surface area contributed by atoms with E-state index in [4.69, 9.17) is 22.1 Å². The molecule has 2 aromatic carbocycles. The van der Waals surface area contributed by atoms with Crippen molar-refractivity contribution in [2.45, 2.75) is 25.5 Å². The van der Waals surface area contributed by atoms with Crippen molar-refractivity contribution < 1.29 is 9.53 Å². The number of nitrogens with zero attached hydrogens (tertiary/aromatic N) is 1. The molecule has 0 bridgehead atoms. The van der Waals surface area contributed by atoms with Gasteiger partial charge < -0.3 is 15.4 Å². The summed E-state index contributed by atoms with van der Waals surface area (Å²) < 4.78 is 5.94. The van der Waals surface area contributed by atoms with Gasteiger partial charge in [-0.25, -0.2) is 0 Å². The fourth-order valence-corrected chi connectivity index (χ4v) is 4.37. The van der Waals surface area contributed by atoms with Crippen LogP contribution < -0.4 is 10.5 Å². The molecule has 1 saturated carbocycles. The van der Waals surface area contributed by atoms with Crippen molar-refractivity contribution in [1.82, 2.24) is 4.90 Å². The largest absolute Gasteiger partial charge is 0.488 e. The molecule has 2 aliphatic rings. The van der Waals surface area contributed by atoms with E-state index in [2.05, 4.69) is 0 Å². The first-order valence-corrected chi connectivity index (χ1v) is 9.51. The molecule has 0 radical (unpaired) electrons. The van der Waals surface area contributed by atoms with Gasteiger partial charge >= 0.3 is 0 Å². The summed E-state index contributed by atoms with van der Waals surface area (Å²) in [5.41, 5.74) is 7.71. The maximum absolute atomic E-state index is 13.1. The third kappa shape index (κ3) is 3.31. The second-order valence-corrected chi connectivity index (χ2v) is 7.66. The van der Waals surface area contributed by atoms with E-state index < -0.39 is 0 Å². The quantitative estimate of drug-likeness (QED) is 0.892. The van der Waals surface area contributed by atoms with Gasteiger partial charge in [0.05, 0.1) is 5.56 Å². The Morgan fingerprint density at radius 1 is 1.12 bits per heavy atom. The predicted octanol–water partition coefficient (Wildman–Crippen LogP) is 3.73. The number of ether oxygens (including phenoxy) is 1. The van der Waals surface area contributed by atoms with Crippen molar-refractivity contribution in [3.63, 3.8) is 0 Å². The molecule has 2 N–H and O–H groups in total. The van der Waals surface area contributed by atoms with Crippen LogP contribution in [-0.4, -0.2) is 29.9 Å². The fourth-order valence-electron chi connectivity index (χ4n) is 4.18. The molecule has 2 aromatic rings. The zero-order valence-electron chi connectivity index (χ0n) is 14.6. The minimum absolute atomic E-state index is 0.0290. The topological polar surface area (TPSA) is 55.6 Å². The Balaban J connectivity index is 1.49. The number of para-hydroxylation sites is 1. The van der Waals surface area contributed by atoms with Crippen molar-refractivity contribution in [1.29, 1.82) is 0 Å². The molecule has 0 aromatic heterocycles. The second kappa shape index (κ2) is 7.29. The number of amides is 1. The first-order valence-electron chi connectivity index (χ1n) is 9.13. The molecule has 1 saturated heterocycles. The lowest BCUT2D eigenvalue weighted by Gasteiger charge is -2.20. The van der Waals surface area contributed by atoms with Gasteiger partial charge in [-0.05, 0) is 42.9 Å². The number of benzene rings is 2. The molecule has 136 valence electrons. The first-order chi connectivity index (χ1) is 12.6. The monoisotopic (exact) mass is 370 g/mol. The van der Waals surface area contributed by atoms with E-state index in [1.54, 1.807) is 0 Å². The molecule has 5 heteroatoms.